The summed E-state index contributed by atoms with van der Waals surface area (Å²) in [5.74, 6) is -0.968. The first-order chi connectivity index (χ1) is 6.54. The van der Waals surface area contributed by atoms with Gasteiger partial charge in [-0.2, -0.15) is 0 Å². The predicted octanol–water partition coefficient (Wildman–Crippen LogP) is -6.17. The smallest absolute Gasteiger partial charge is 0.756 e. The Bertz CT molecular complexity index is 187. The molecule has 0 aromatic rings. The van der Waals surface area contributed by atoms with E-state index in [1.54, 1.807) is 0 Å². The van der Waals surface area contributed by atoms with E-state index in [9.17, 15) is 4.79 Å². The van der Waals surface area contributed by atoms with Crippen LogP contribution in [0.3, 0.4) is 0 Å². The van der Waals surface area contributed by atoms with E-state index in [1.807, 2.05) is 0 Å². The van der Waals surface area contributed by atoms with Crippen LogP contribution in [0.2, 0.25) is 0 Å². The van der Waals surface area contributed by atoms with E-state index < -0.39 is 19.9 Å². The van der Waals surface area contributed by atoms with E-state index in [-0.39, 0.29) is 42.7 Å². The molecule has 0 heterocycles. The van der Waals surface area contributed by atoms with Crippen LogP contribution >= 0.6 is 7.82 Å². The quantitative estimate of drug-likeness (QED) is 0.210. The van der Waals surface area contributed by atoms with Gasteiger partial charge in [0.25, 0.3) is 7.82 Å². The topological polar surface area (TPSA) is 184 Å². The summed E-state index contributed by atoms with van der Waals surface area (Å²) in [6.07, 6.45) is -0.560. The molecular formula is C5H15NNaO8P. The van der Waals surface area contributed by atoms with Crippen molar-refractivity contribution in [2.75, 3.05) is 13.2 Å². The average molecular weight is 271 g/mol. The van der Waals surface area contributed by atoms with Gasteiger partial charge in [-0.05, 0) is 6.92 Å². The predicted molar refractivity (Wildman–Crippen MR) is 47.5 cm³/mol. The minimum Gasteiger partial charge on any atom is -0.756 e. The van der Waals surface area contributed by atoms with Gasteiger partial charge < -0.3 is 35.7 Å². The number of aliphatic hydroxyl groups is 2. The Balaban J connectivity index is -0.0000000655. The molecule has 0 fully saturated rings. The van der Waals surface area contributed by atoms with Gasteiger partial charge in [0.1, 0.15) is 0 Å². The van der Waals surface area contributed by atoms with Crippen molar-refractivity contribution in [1.82, 2.24) is 0 Å². The van der Waals surface area contributed by atoms with Crippen molar-refractivity contribution >= 4 is 13.8 Å². The molecule has 0 aliphatic rings. The van der Waals surface area contributed by atoms with E-state index in [0.717, 1.165) is 0 Å². The molecule has 0 aliphatic heterocycles. The number of rotatable bonds is 2. The maximum atomic E-state index is 9.24. The molecule has 1 atom stereocenters. The van der Waals surface area contributed by atoms with Crippen molar-refractivity contribution in [1.29, 1.82) is 0 Å². The summed E-state index contributed by atoms with van der Waals surface area (Å²) < 4.78 is 8.77. The van der Waals surface area contributed by atoms with Gasteiger partial charge >= 0.3 is 35.5 Å². The first kappa shape index (κ1) is 25.3. The standard InChI is InChI=1S/C3H8O2.C2H5NO2.Na.H3O4P/c1-3(5)2-4;3-1-2(4)5;;1-5(2,3)4/h3-5H,2H2,1H3;1,3H2,(H,4,5);;(H3,1,2,3,4)/q;;+1;/p-1. The molecule has 16 heavy (non-hydrogen) atoms. The third-order valence-electron chi connectivity index (χ3n) is 0.439. The largest absolute Gasteiger partial charge is 1.00 e. The molecule has 0 bridgehead atoms. The Morgan fingerprint density at radius 3 is 1.62 bits per heavy atom. The third-order valence-corrected chi connectivity index (χ3v) is 0.439. The summed E-state index contributed by atoms with van der Waals surface area (Å²) in [6.45, 7) is 1.11. The Hall–Kier alpha value is 0.460. The van der Waals surface area contributed by atoms with E-state index in [0.29, 0.717) is 0 Å². The fourth-order valence-electron chi connectivity index (χ4n) is 0. The molecule has 0 radical (unpaired) electrons. The Morgan fingerprint density at radius 1 is 1.50 bits per heavy atom. The Morgan fingerprint density at radius 2 is 1.62 bits per heavy atom. The first-order valence-electron chi connectivity index (χ1n) is 3.51. The molecule has 0 rings (SSSR count). The van der Waals surface area contributed by atoms with Crippen LogP contribution in [0.1, 0.15) is 6.92 Å². The van der Waals surface area contributed by atoms with Gasteiger partial charge in [-0.3, -0.25) is 9.36 Å². The van der Waals surface area contributed by atoms with Gasteiger partial charge in [-0.1, -0.05) is 0 Å². The van der Waals surface area contributed by atoms with Gasteiger partial charge in [-0.25, -0.2) is 0 Å². The molecule has 0 aliphatic carbocycles. The van der Waals surface area contributed by atoms with Crippen LogP contribution in [0, 0.1) is 0 Å². The molecule has 94 valence electrons. The normalized spacial score (nSPS) is 10.7. The summed E-state index contributed by atoms with van der Waals surface area (Å²) in [7, 11) is -4.89. The van der Waals surface area contributed by atoms with Gasteiger partial charge in [0, 0.05) is 0 Å². The van der Waals surface area contributed by atoms with E-state index in [1.165, 1.54) is 6.92 Å². The molecule has 0 saturated heterocycles. The number of carboxylic acids is 1. The van der Waals surface area contributed by atoms with Crippen LogP contribution in [0.25, 0.3) is 0 Å². The molecule has 1 unspecified atom stereocenters. The monoisotopic (exact) mass is 271 g/mol. The minimum atomic E-state index is -4.89. The number of carbonyl (C=O) groups is 1. The maximum absolute atomic E-state index is 9.24. The van der Waals surface area contributed by atoms with Crippen LogP contribution in [0.4, 0.5) is 0 Å². The first-order valence-corrected chi connectivity index (χ1v) is 5.05. The number of phosphoric acid groups is 1. The zero-order valence-electron chi connectivity index (χ0n) is 8.98. The summed E-state index contributed by atoms with van der Waals surface area (Å²) in [6, 6.07) is 0. The average Bonchev–Trinajstić information content (AvgIpc) is 2.02. The van der Waals surface area contributed by atoms with E-state index >= 15 is 0 Å². The second kappa shape index (κ2) is 15.5. The van der Waals surface area contributed by atoms with Gasteiger partial charge in [0.05, 0.1) is 19.3 Å². The number of nitrogens with two attached hydrogens (primary N) is 1. The fraction of sp³-hybridized carbons (Fsp3) is 0.800. The number of aliphatic hydroxyl groups excluding tert-OH is 2. The third kappa shape index (κ3) is 132. The number of carboxylic acid groups (broad SMARTS) is 1. The fourth-order valence-corrected chi connectivity index (χ4v) is 0. The summed E-state index contributed by atoms with van der Waals surface area (Å²) in [5.41, 5.74) is 4.57. The van der Waals surface area contributed by atoms with Crippen LogP contribution in [0.5, 0.6) is 0 Å². The molecule has 0 spiro atoms. The zero-order chi connectivity index (χ0) is 13.1. The zero-order valence-corrected chi connectivity index (χ0v) is 11.9. The van der Waals surface area contributed by atoms with Crippen molar-refractivity contribution in [2.45, 2.75) is 13.0 Å². The van der Waals surface area contributed by atoms with Crippen molar-refractivity contribution in [3.8, 4) is 0 Å². The van der Waals surface area contributed by atoms with Crippen molar-refractivity contribution in [2.24, 2.45) is 5.73 Å². The maximum Gasteiger partial charge on any atom is 1.00 e. The molecule has 0 amide bonds. The second-order valence-corrected chi connectivity index (χ2v) is 3.10. The number of hydrogen-bond acceptors (Lipinski definition) is 6. The Labute approximate surface area is 114 Å². The second-order valence-electron chi connectivity index (χ2n) is 2.12. The van der Waals surface area contributed by atoms with Crippen molar-refractivity contribution in [3.63, 3.8) is 0 Å². The van der Waals surface area contributed by atoms with Gasteiger partial charge in [-0.15, -0.1) is 0 Å². The van der Waals surface area contributed by atoms with Crippen molar-refractivity contribution < 1.29 is 68.9 Å². The Kier molecular flexibility index (Phi) is 24.5. The van der Waals surface area contributed by atoms with Crippen LogP contribution in [-0.4, -0.2) is 50.3 Å². The minimum absolute atomic E-state index is 0. The molecule has 0 saturated carbocycles. The number of hydrogen-bond donors (Lipinski definition) is 6. The molecule has 7 N–H and O–H groups in total. The van der Waals surface area contributed by atoms with Crippen LogP contribution < -0.4 is 40.2 Å². The summed E-state index contributed by atoms with van der Waals surface area (Å²) in [5, 5.41) is 23.6. The SMILES string of the molecule is CC(O)CO.NCC(=O)O.O=P([O-])(O)O.[Na+]. The van der Waals surface area contributed by atoms with Gasteiger partial charge in [0.15, 0.2) is 0 Å². The molecular weight excluding hydrogens is 256 g/mol. The van der Waals surface area contributed by atoms with Crippen molar-refractivity contribution in [3.05, 3.63) is 0 Å². The van der Waals surface area contributed by atoms with Gasteiger partial charge in [0.2, 0.25) is 0 Å². The molecule has 9 nitrogen and oxygen atoms in total. The molecule has 11 heteroatoms. The van der Waals surface area contributed by atoms with Crippen LogP contribution in [0.15, 0.2) is 0 Å². The summed E-state index contributed by atoms with van der Waals surface area (Å²) >= 11 is 0. The van der Waals surface area contributed by atoms with E-state index in [2.05, 4.69) is 5.73 Å². The summed E-state index contributed by atoms with van der Waals surface area (Å²) in [4.78, 5) is 32.2. The van der Waals surface area contributed by atoms with Crippen LogP contribution in [-0.2, 0) is 9.36 Å². The molecule has 0 aromatic carbocycles. The number of aliphatic carboxylic acids is 1. The van der Waals surface area contributed by atoms with E-state index in [4.69, 9.17) is 34.6 Å². The molecule has 0 aromatic heterocycles.